The largest absolute Gasteiger partial charge is 0.493 e. The first-order valence-corrected chi connectivity index (χ1v) is 17.1. The van der Waals surface area contributed by atoms with Gasteiger partial charge in [0.25, 0.3) is 0 Å². The van der Waals surface area contributed by atoms with E-state index in [-0.39, 0.29) is 31.3 Å². The number of nitrogens with one attached hydrogen (secondary N) is 1. The summed E-state index contributed by atoms with van der Waals surface area (Å²) in [4.78, 5) is 14.4. The lowest BCUT2D eigenvalue weighted by molar-refractivity contribution is -0.276. The van der Waals surface area contributed by atoms with Crippen molar-refractivity contribution in [1.29, 1.82) is 0 Å². The monoisotopic (exact) mass is 678 g/mol. The zero-order valence-corrected chi connectivity index (χ0v) is 29.0. The Balaban J connectivity index is 1.24. The van der Waals surface area contributed by atoms with Crippen LogP contribution in [0.1, 0.15) is 52.7 Å². The minimum absolute atomic E-state index is 0.00767. The number of benzene rings is 4. The predicted molar refractivity (Wildman–Crippen MR) is 192 cm³/mol. The van der Waals surface area contributed by atoms with Gasteiger partial charge in [-0.1, -0.05) is 80.2 Å². The van der Waals surface area contributed by atoms with Crippen LogP contribution in [0.3, 0.4) is 0 Å². The number of aliphatic hydroxyl groups is 1. The Bertz CT molecular complexity index is 1780. The molecule has 4 atom stereocenters. The summed E-state index contributed by atoms with van der Waals surface area (Å²) < 4.78 is 29.8. The fourth-order valence-corrected chi connectivity index (χ4v) is 6.77. The zero-order chi connectivity index (χ0) is 35.0. The number of amides is 1. The van der Waals surface area contributed by atoms with Gasteiger partial charge >= 0.3 is 6.09 Å². The molecular weight excluding hydrogens is 632 g/mol. The number of ether oxygens (including phenoxy) is 5. The van der Waals surface area contributed by atoms with Crippen LogP contribution in [-0.2, 0) is 40.3 Å². The first-order valence-electron chi connectivity index (χ1n) is 17.1. The summed E-state index contributed by atoms with van der Waals surface area (Å²) in [5, 5.41) is 12.4. The molecule has 2 heterocycles. The Kier molecular flexibility index (Phi) is 11.5. The highest BCUT2D eigenvalue weighted by Crippen LogP contribution is 2.43. The van der Waals surface area contributed by atoms with E-state index in [4.69, 9.17) is 23.7 Å². The van der Waals surface area contributed by atoms with Crippen molar-refractivity contribution in [3.8, 4) is 22.6 Å². The van der Waals surface area contributed by atoms with Crippen molar-refractivity contribution in [2.24, 2.45) is 5.92 Å². The van der Waals surface area contributed by atoms with Crippen LogP contribution in [0, 0.1) is 5.92 Å². The summed E-state index contributed by atoms with van der Waals surface area (Å²) in [6.45, 7) is 8.70. The van der Waals surface area contributed by atoms with E-state index in [9.17, 15) is 9.90 Å². The molecule has 1 fully saturated rings. The van der Waals surface area contributed by atoms with E-state index in [2.05, 4.69) is 60.1 Å². The zero-order valence-electron chi connectivity index (χ0n) is 29.0. The van der Waals surface area contributed by atoms with E-state index in [1.165, 1.54) is 17.2 Å². The molecule has 2 N–H and O–H groups in total. The lowest BCUT2D eigenvalue weighted by Gasteiger charge is -2.43. The first-order chi connectivity index (χ1) is 24.4. The number of hydrogen-bond donors (Lipinski definition) is 2. The van der Waals surface area contributed by atoms with E-state index in [0.717, 1.165) is 70.9 Å². The molecule has 0 unspecified atom stereocenters. The molecule has 4 aromatic rings. The molecular formula is C41H46N2O7. The van der Waals surface area contributed by atoms with Gasteiger partial charge in [-0.2, -0.15) is 0 Å². The van der Waals surface area contributed by atoms with Crippen LogP contribution < -0.4 is 14.8 Å². The molecule has 0 saturated carbocycles. The van der Waals surface area contributed by atoms with E-state index in [1.807, 2.05) is 48.5 Å². The average molecular weight is 679 g/mol. The van der Waals surface area contributed by atoms with Crippen LogP contribution in [0.5, 0.6) is 11.5 Å². The van der Waals surface area contributed by atoms with Crippen molar-refractivity contribution >= 4 is 6.09 Å². The standard InChI is InChI=1S/C41H46N2O7/c1-5-18-48-41(45)42-23-29-8-6-9-31(19-29)32-10-7-11-34(20-32)40-49-38(27(2)39(50-40)30-14-12-28(26-44)13-15-30)25-43-17-16-33-21-36(46-3)37(47-4)22-35(33)24-43/h5-15,19-22,27,38-40,44H,1,16-18,23-26H2,2-4H3,(H,42,45)/t27-,38+,39+,40+/m1/s1. The topological polar surface area (TPSA) is 98.7 Å². The number of fused-ring (bicyclic) bond motifs is 1. The number of carbonyl (C=O) groups is 1. The Morgan fingerprint density at radius 2 is 1.64 bits per heavy atom. The number of rotatable bonds is 12. The van der Waals surface area contributed by atoms with Crippen LogP contribution in [0.4, 0.5) is 4.79 Å². The van der Waals surface area contributed by atoms with Crippen LogP contribution in [0.15, 0.2) is 97.6 Å². The Labute approximate surface area is 294 Å². The second-order valence-electron chi connectivity index (χ2n) is 12.8. The van der Waals surface area contributed by atoms with E-state index < -0.39 is 12.4 Å². The second kappa shape index (κ2) is 16.4. The fraction of sp³-hybridized carbons (Fsp3) is 0.341. The molecule has 2 aliphatic heterocycles. The normalized spacial score (nSPS) is 20.4. The lowest BCUT2D eigenvalue weighted by atomic mass is 9.89. The number of methoxy groups -OCH3 is 2. The van der Waals surface area contributed by atoms with Gasteiger partial charge in [0.05, 0.1) is 33.0 Å². The van der Waals surface area contributed by atoms with E-state index >= 15 is 0 Å². The maximum absolute atomic E-state index is 12.0. The van der Waals surface area contributed by atoms with E-state index in [0.29, 0.717) is 6.54 Å². The number of nitrogens with zero attached hydrogens (tertiary/aromatic N) is 1. The van der Waals surface area contributed by atoms with Crippen molar-refractivity contribution in [3.63, 3.8) is 0 Å². The number of hydrogen-bond acceptors (Lipinski definition) is 8. The van der Waals surface area contributed by atoms with Crippen LogP contribution >= 0.6 is 0 Å². The van der Waals surface area contributed by atoms with Crippen molar-refractivity contribution in [3.05, 3.63) is 131 Å². The molecule has 1 saturated heterocycles. The third-order valence-electron chi connectivity index (χ3n) is 9.55. The van der Waals surface area contributed by atoms with Crippen molar-refractivity contribution in [2.45, 2.75) is 51.5 Å². The van der Waals surface area contributed by atoms with Crippen LogP contribution in [0.2, 0.25) is 0 Å². The summed E-state index contributed by atoms with van der Waals surface area (Å²) in [5.74, 6) is 1.56. The summed E-state index contributed by atoms with van der Waals surface area (Å²) in [5.41, 5.74) is 8.34. The minimum atomic E-state index is -0.593. The van der Waals surface area contributed by atoms with Gasteiger partial charge in [0, 0.05) is 37.7 Å². The quantitative estimate of drug-likeness (QED) is 0.153. The average Bonchev–Trinajstić information content (AvgIpc) is 3.16. The highest BCUT2D eigenvalue weighted by atomic mass is 16.7. The SMILES string of the molecule is C=CCOC(=O)NCc1cccc(-c2cccc([C@H]3O[C@@H](CN4CCc5cc(OC)c(OC)cc5C4)[C@@H](C)[C@@H](c4ccc(CO)cc4)O3)c2)c1. The third-order valence-corrected chi connectivity index (χ3v) is 9.55. The molecule has 6 rings (SSSR count). The van der Waals surface area contributed by atoms with E-state index in [1.54, 1.807) is 14.2 Å². The number of alkyl carbamates (subject to hydrolysis) is 1. The summed E-state index contributed by atoms with van der Waals surface area (Å²) >= 11 is 0. The van der Waals surface area contributed by atoms with Crippen molar-refractivity contribution < 1.29 is 33.6 Å². The second-order valence-corrected chi connectivity index (χ2v) is 12.8. The fourth-order valence-electron chi connectivity index (χ4n) is 6.77. The molecule has 50 heavy (non-hydrogen) atoms. The van der Waals surface area contributed by atoms with Crippen LogP contribution in [-0.4, -0.2) is 56.1 Å². The van der Waals surface area contributed by atoms with Gasteiger partial charge in [0.1, 0.15) is 6.61 Å². The highest BCUT2D eigenvalue weighted by Gasteiger charge is 2.39. The van der Waals surface area contributed by atoms with Gasteiger partial charge in [-0.15, -0.1) is 0 Å². The van der Waals surface area contributed by atoms with Crippen LogP contribution in [0.25, 0.3) is 11.1 Å². The van der Waals surface area contributed by atoms with Gasteiger partial charge < -0.3 is 34.1 Å². The predicted octanol–water partition coefficient (Wildman–Crippen LogP) is 7.13. The maximum Gasteiger partial charge on any atom is 0.407 e. The Morgan fingerprint density at radius 1 is 0.920 bits per heavy atom. The molecule has 0 aromatic heterocycles. The van der Waals surface area contributed by atoms with Gasteiger partial charge in [-0.3, -0.25) is 4.90 Å². The molecule has 9 nitrogen and oxygen atoms in total. The highest BCUT2D eigenvalue weighted by molar-refractivity contribution is 5.68. The van der Waals surface area contributed by atoms with Gasteiger partial charge in [0.2, 0.25) is 0 Å². The van der Waals surface area contributed by atoms with Gasteiger partial charge in [0.15, 0.2) is 17.8 Å². The summed E-state index contributed by atoms with van der Waals surface area (Å²) in [6.07, 6.45) is 1.04. The van der Waals surface area contributed by atoms with Gasteiger partial charge in [-0.05, 0) is 69.6 Å². The smallest absolute Gasteiger partial charge is 0.407 e. The molecule has 0 aliphatic carbocycles. The Morgan fingerprint density at radius 3 is 2.36 bits per heavy atom. The molecule has 0 bridgehead atoms. The number of carbonyl (C=O) groups excluding carboxylic acids is 1. The molecule has 262 valence electrons. The third kappa shape index (κ3) is 8.20. The molecule has 4 aromatic carbocycles. The minimum Gasteiger partial charge on any atom is -0.493 e. The number of aliphatic hydroxyl groups excluding tert-OH is 1. The van der Waals surface area contributed by atoms with Crippen molar-refractivity contribution in [1.82, 2.24) is 10.2 Å². The van der Waals surface area contributed by atoms with Gasteiger partial charge in [-0.25, -0.2) is 4.79 Å². The maximum atomic E-state index is 12.0. The molecule has 2 aliphatic rings. The first kappa shape index (κ1) is 35.2. The molecule has 0 spiro atoms. The summed E-state index contributed by atoms with van der Waals surface area (Å²) in [6, 6.07) is 28.5. The molecule has 9 heteroatoms. The molecule has 0 radical (unpaired) electrons. The Hall–Kier alpha value is -4.67. The van der Waals surface area contributed by atoms with Crippen molar-refractivity contribution in [2.75, 3.05) is 33.9 Å². The summed E-state index contributed by atoms with van der Waals surface area (Å²) in [7, 11) is 3.34. The lowest BCUT2D eigenvalue weighted by Crippen LogP contribution is -2.45. The molecule has 1 amide bonds.